The van der Waals surface area contributed by atoms with E-state index in [9.17, 15) is 19.2 Å². The van der Waals surface area contributed by atoms with Gasteiger partial charge >= 0.3 is 18.2 Å². The van der Waals surface area contributed by atoms with E-state index in [2.05, 4.69) is 10.6 Å². The molecule has 6 N–H and O–H groups in total. The van der Waals surface area contributed by atoms with Gasteiger partial charge in [-0.15, -0.1) is 0 Å². The first-order valence-electron chi connectivity index (χ1n) is 13.0. The van der Waals surface area contributed by atoms with Crippen LogP contribution in [0.15, 0.2) is 60.7 Å². The Bertz CT molecular complexity index is 1080. The lowest BCUT2D eigenvalue weighted by Gasteiger charge is -2.43. The number of hydrogen-bond donors (Lipinski definition) is 4. The van der Waals surface area contributed by atoms with Crippen molar-refractivity contribution in [1.82, 2.24) is 10.6 Å². The number of benzene rings is 2. The molecule has 2 aromatic carbocycles. The number of esters is 1. The summed E-state index contributed by atoms with van der Waals surface area (Å²) in [6, 6.07) is 17.3. The predicted octanol–water partition coefficient (Wildman–Crippen LogP) is 2.93. The van der Waals surface area contributed by atoms with Gasteiger partial charge in [-0.25, -0.2) is 14.4 Å². The van der Waals surface area contributed by atoms with Crippen LogP contribution in [-0.2, 0) is 31.9 Å². The third-order valence-electron chi connectivity index (χ3n) is 6.56. The molecular formula is C29H40N4O6. The Morgan fingerprint density at radius 2 is 1.44 bits per heavy atom. The van der Waals surface area contributed by atoms with Crippen molar-refractivity contribution in [1.29, 1.82) is 0 Å². The molecule has 10 heteroatoms. The van der Waals surface area contributed by atoms with Crippen LogP contribution in [0.3, 0.4) is 0 Å². The Morgan fingerprint density at radius 3 is 1.90 bits per heavy atom. The van der Waals surface area contributed by atoms with Crippen LogP contribution in [0.5, 0.6) is 0 Å². The Morgan fingerprint density at radius 1 is 0.872 bits per heavy atom. The molecular weight excluding hydrogens is 500 g/mol. The average molecular weight is 541 g/mol. The number of carbonyl (C=O) groups is 4. The fraction of sp³-hybridized carbons (Fsp3) is 0.448. The molecule has 0 bridgehead atoms. The quantitative estimate of drug-likeness (QED) is 0.116. The zero-order valence-corrected chi connectivity index (χ0v) is 23.0. The largest absolute Gasteiger partial charge is 0.427 e. The monoisotopic (exact) mass is 540 g/mol. The highest BCUT2D eigenvalue weighted by Crippen LogP contribution is 2.30. The molecule has 0 radical (unpaired) electrons. The van der Waals surface area contributed by atoms with E-state index >= 15 is 0 Å². The smallest absolute Gasteiger partial charge is 0.412 e. The Kier molecular flexibility index (Phi) is 12.1. The second-order valence-electron chi connectivity index (χ2n) is 10.3. The van der Waals surface area contributed by atoms with Gasteiger partial charge in [0.15, 0.2) is 5.72 Å². The molecule has 0 saturated heterocycles. The Balaban J connectivity index is 2.69. The third kappa shape index (κ3) is 9.81. The zero-order valence-electron chi connectivity index (χ0n) is 23.0. The molecule has 212 valence electrons. The lowest BCUT2D eigenvalue weighted by atomic mass is 9.82. The fourth-order valence-corrected chi connectivity index (χ4v) is 4.48. The van der Waals surface area contributed by atoms with Crippen LogP contribution in [0.4, 0.5) is 9.59 Å². The van der Waals surface area contributed by atoms with Gasteiger partial charge in [0.25, 0.3) is 0 Å². The summed E-state index contributed by atoms with van der Waals surface area (Å²) in [5.41, 5.74) is 10.9. The number of aldehydes is 1. The van der Waals surface area contributed by atoms with E-state index in [1.165, 1.54) is 0 Å². The summed E-state index contributed by atoms with van der Waals surface area (Å²) in [7, 11) is 0. The molecule has 0 aliphatic heterocycles. The number of nitrogens with one attached hydrogen (secondary N) is 2. The fourth-order valence-electron chi connectivity index (χ4n) is 4.48. The summed E-state index contributed by atoms with van der Waals surface area (Å²) in [4.78, 5) is 48.7. The average Bonchev–Trinajstić information content (AvgIpc) is 2.86. The highest BCUT2D eigenvalue weighted by atomic mass is 16.6. The maximum atomic E-state index is 13.0. The number of nitrogens with two attached hydrogens (primary N) is 2. The summed E-state index contributed by atoms with van der Waals surface area (Å²) >= 11 is 0. The van der Waals surface area contributed by atoms with Gasteiger partial charge in [0.1, 0.15) is 12.3 Å². The van der Waals surface area contributed by atoms with Crippen LogP contribution < -0.4 is 22.1 Å². The van der Waals surface area contributed by atoms with Gasteiger partial charge in [-0.3, -0.25) is 5.32 Å². The van der Waals surface area contributed by atoms with E-state index in [4.69, 9.17) is 20.9 Å². The number of carbonyl (C=O) groups excluding carboxylic acids is 4. The second-order valence-corrected chi connectivity index (χ2v) is 10.3. The first-order valence-corrected chi connectivity index (χ1v) is 13.0. The lowest BCUT2D eigenvalue weighted by Crippen LogP contribution is -2.65. The van der Waals surface area contributed by atoms with Gasteiger partial charge < -0.3 is 31.1 Å². The number of rotatable bonds is 15. The van der Waals surface area contributed by atoms with Crippen molar-refractivity contribution < 1.29 is 28.7 Å². The van der Waals surface area contributed by atoms with Gasteiger partial charge in [0.2, 0.25) is 0 Å². The van der Waals surface area contributed by atoms with Crippen LogP contribution in [0.25, 0.3) is 0 Å². The summed E-state index contributed by atoms with van der Waals surface area (Å²) < 4.78 is 10.6. The molecule has 2 unspecified atom stereocenters. The number of amides is 2. The number of ether oxygens (including phenoxy) is 2. The van der Waals surface area contributed by atoms with Gasteiger partial charge in [-0.2, -0.15) is 0 Å². The molecule has 0 spiro atoms. The molecule has 2 rings (SSSR count). The van der Waals surface area contributed by atoms with E-state index in [1.807, 2.05) is 74.5 Å². The Hall–Kier alpha value is -3.76. The van der Waals surface area contributed by atoms with E-state index in [1.54, 1.807) is 13.8 Å². The van der Waals surface area contributed by atoms with Crippen molar-refractivity contribution in [2.24, 2.45) is 29.2 Å². The predicted molar refractivity (Wildman–Crippen MR) is 147 cm³/mol. The van der Waals surface area contributed by atoms with Crippen molar-refractivity contribution in [2.75, 3.05) is 6.54 Å². The molecule has 10 nitrogen and oxygen atoms in total. The minimum Gasteiger partial charge on any atom is -0.427 e. The summed E-state index contributed by atoms with van der Waals surface area (Å²) in [6.45, 7) is 7.57. The molecule has 39 heavy (non-hydrogen) atoms. The van der Waals surface area contributed by atoms with Gasteiger partial charge in [0.05, 0.1) is 6.04 Å². The lowest BCUT2D eigenvalue weighted by molar-refractivity contribution is -0.146. The van der Waals surface area contributed by atoms with Crippen LogP contribution in [0, 0.1) is 17.8 Å². The zero-order chi connectivity index (χ0) is 29.0. The van der Waals surface area contributed by atoms with Crippen LogP contribution in [0.2, 0.25) is 0 Å². The van der Waals surface area contributed by atoms with Crippen molar-refractivity contribution >= 4 is 24.4 Å². The molecule has 0 aromatic heterocycles. The topological polar surface area (TPSA) is 163 Å². The van der Waals surface area contributed by atoms with E-state index in [0.717, 1.165) is 17.4 Å². The highest BCUT2D eigenvalue weighted by Gasteiger charge is 2.46. The number of primary amides is 2. The molecule has 2 amide bonds. The molecule has 0 fully saturated rings. The molecule has 2 aromatic rings. The number of hydrogen-bond acceptors (Lipinski definition) is 8. The highest BCUT2D eigenvalue weighted by molar-refractivity contribution is 5.87. The van der Waals surface area contributed by atoms with E-state index in [-0.39, 0.29) is 18.9 Å². The van der Waals surface area contributed by atoms with Gasteiger partial charge in [0, 0.05) is 18.9 Å². The SMILES string of the molecule is CC(C)C(C=O)NC[C@H](Cc1ccccc1)C(Cc1ccccc1)(N[C@H](C(=O)OC(N)=O)C(C)C)OC(N)=O. The molecule has 0 aliphatic carbocycles. The van der Waals surface area contributed by atoms with Gasteiger partial charge in [-0.1, -0.05) is 88.4 Å². The second kappa shape index (κ2) is 15.0. The first-order chi connectivity index (χ1) is 18.5. The molecule has 0 heterocycles. The van der Waals surface area contributed by atoms with Crippen LogP contribution in [0.1, 0.15) is 38.8 Å². The van der Waals surface area contributed by atoms with Gasteiger partial charge in [-0.05, 0) is 29.4 Å². The standard InChI is InChI=1S/C29H40N4O6/c1-19(2)24(18-34)32-17-23(15-21-11-7-5-8-12-21)29(39-28(31)37,16-22-13-9-6-10-14-22)33-25(20(3)4)26(35)38-27(30)36/h5-14,18-20,23-25,32-33H,15-17H2,1-4H3,(H2,30,36)(H2,31,37)/t23-,24?,25-,29?/m0/s1. The Labute approximate surface area is 229 Å². The van der Waals surface area contributed by atoms with Crippen molar-refractivity contribution in [3.8, 4) is 0 Å². The molecule has 4 atom stereocenters. The third-order valence-corrected chi connectivity index (χ3v) is 6.56. The maximum absolute atomic E-state index is 13.0. The maximum Gasteiger partial charge on any atom is 0.412 e. The first kappa shape index (κ1) is 31.5. The van der Waals surface area contributed by atoms with Crippen molar-refractivity contribution in [3.63, 3.8) is 0 Å². The summed E-state index contributed by atoms with van der Waals surface area (Å²) in [5, 5.41) is 6.50. The molecule has 0 aliphatic rings. The van der Waals surface area contributed by atoms with Crippen molar-refractivity contribution in [2.45, 2.75) is 58.3 Å². The summed E-state index contributed by atoms with van der Waals surface area (Å²) in [6.07, 6.45) is -0.952. The van der Waals surface area contributed by atoms with E-state index < -0.39 is 47.8 Å². The van der Waals surface area contributed by atoms with Crippen LogP contribution >= 0.6 is 0 Å². The molecule has 0 saturated carbocycles. The summed E-state index contributed by atoms with van der Waals surface area (Å²) in [5.74, 6) is -1.85. The van der Waals surface area contributed by atoms with Crippen LogP contribution in [-0.4, -0.2) is 48.8 Å². The normalized spacial score (nSPS) is 15.1. The van der Waals surface area contributed by atoms with Crippen molar-refractivity contribution in [3.05, 3.63) is 71.8 Å². The minimum absolute atomic E-state index is 0.00220. The minimum atomic E-state index is -1.56. The van der Waals surface area contributed by atoms with E-state index in [0.29, 0.717) is 6.42 Å².